The van der Waals surface area contributed by atoms with Crippen LogP contribution < -0.4 is 0 Å². The molecular weight excluding hydrogens is 362 g/mol. The topological polar surface area (TPSA) is 46.6 Å². The van der Waals surface area contributed by atoms with Crippen LogP contribution in [0.15, 0.2) is 106 Å². The Hall–Kier alpha value is -3.53. The van der Waals surface area contributed by atoms with Gasteiger partial charge in [0.2, 0.25) is 0 Å². The molecule has 1 amide bonds. The summed E-state index contributed by atoms with van der Waals surface area (Å²) >= 11 is 0. The number of carbonyl (C=O) groups is 1. The minimum absolute atomic E-state index is 0.0777. The number of hydrogen-bond donors (Lipinski definition) is 0. The molecule has 0 unspecified atom stereocenters. The van der Waals surface area contributed by atoms with Crippen LogP contribution in [0.25, 0.3) is 0 Å². The van der Waals surface area contributed by atoms with Gasteiger partial charge in [-0.25, -0.2) is 0 Å². The first-order valence-corrected chi connectivity index (χ1v) is 9.76. The number of carbonyl (C=O) groups excluding carboxylic acids is 1. The third kappa shape index (κ3) is 4.66. The highest BCUT2D eigenvalue weighted by Crippen LogP contribution is 2.29. The number of rotatable bonds is 8. The third-order valence-electron chi connectivity index (χ3n) is 5.01. The zero-order valence-electron chi connectivity index (χ0n) is 16.1. The maximum absolute atomic E-state index is 13.1. The Balaban J connectivity index is 1.56. The monoisotopic (exact) mass is 385 g/mol. The molecule has 0 saturated carbocycles. The van der Waals surface area contributed by atoms with Crippen molar-refractivity contribution >= 4 is 5.91 Å². The Kier molecular flexibility index (Phi) is 5.91. The molecule has 0 bridgehead atoms. The van der Waals surface area contributed by atoms with Gasteiger partial charge >= 0.3 is 0 Å². The first-order chi connectivity index (χ1) is 14.3. The van der Waals surface area contributed by atoms with Crippen LogP contribution in [0.5, 0.6) is 0 Å². The Morgan fingerprint density at radius 1 is 0.793 bits per heavy atom. The van der Waals surface area contributed by atoms with E-state index >= 15 is 0 Å². The lowest BCUT2D eigenvalue weighted by Gasteiger charge is -2.24. The van der Waals surface area contributed by atoms with Crippen LogP contribution in [0, 0.1) is 0 Å². The molecule has 0 N–H and O–H groups in total. The molecule has 4 aromatic rings. The fraction of sp³-hybridized carbons (Fsp3) is 0.160. The first-order valence-electron chi connectivity index (χ1n) is 9.76. The quantitative estimate of drug-likeness (QED) is 0.389. The molecule has 4 rings (SSSR count). The van der Waals surface area contributed by atoms with Crippen molar-refractivity contribution in [1.82, 2.24) is 4.90 Å². The maximum atomic E-state index is 13.1. The van der Waals surface area contributed by atoms with E-state index in [-0.39, 0.29) is 11.8 Å². The van der Waals surface area contributed by atoms with E-state index in [4.69, 9.17) is 8.83 Å². The predicted molar refractivity (Wildman–Crippen MR) is 112 cm³/mol. The summed E-state index contributed by atoms with van der Waals surface area (Å²) < 4.78 is 11.1. The van der Waals surface area contributed by atoms with Crippen molar-refractivity contribution in [3.63, 3.8) is 0 Å². The molecule has 2 heterocycles. The highest BCUT2D eigenvalue weighted by atomic mass is 16.3. The van der Waals surface area contributed by atoms with Crippen molar-refractivity contribution in [1.29, 1.82) is 0 Å². The minimum atomic E-state index is -0.106. The smallest absolute Gasteiger partial charge is 0.289 e. The van der Waals surface area contributed by atoms with Gasteiger partial charge in [0, 0.05) is 19.0 Å². The molecule has 0 saturated heterocycles. The molecule has 1 atom stereocenters. The normalized spacial score (nSPS) is 11.9. The van der Waals surface area contributed by atoms with Gasteiger partial charge in [0.1, 0.15) is 5.76 Å². The van der Waals surface area contributed by atoms with E-state index in [2.05, 4.69) is 12.1 Å². The van der Waals surface area contributed by atoms with Crippen LogP contribution in [-0.2, 0) is 6.54 Å². The zero-order valence-corrected chi connectivity index (χ0v) is 16.1. The lowest BCUT2D eigenvalue weighted by molar-refractivity contribution is 0.0706. The molecule has 4 heteroatoms. The molecule has 0 radical (unpaired) electrons. The summed E-state index contributed by atoms with van der Waals surface area (Å²) in [6, 6.07) is 27.6. The third-order valence-corrected chi connectivity index (χ3v) is 5.01. The summed E-state index contributed by atoms with van der Waals surface area (Å²) in [5, 5.41) is 0. The Morgan fingerprint density at radius 3 is 2.14 bits per heavy atom. The summed E-state index contributed by atoms with van der Waals surface area (Å²) in [7, 11) is 0. The Labute approximate surface area is 170 Å². The fourth-order valence-electron chi connectivity index (χ4n) is 3.55. The average molecular weight is 385 g/mol. The van der Waals surface area contributed by atoms with Crippen molar-refractivity contribution in [3.8, 4) is 0 Å². The Bertz CT molecular complexity index is 993. The number of hydrogen-bond acceptors (Lipinski definition) is 3. The van der Waals surface area contributed by atoms with Gasteiger partial charge in [-0.15, -0.1) is 0 Å². The lowest BCUT2D eigenvalue weighted by Crippen LogP contribution is -2.32. The highest BCUT2D eigenvalue weighted by molar-refractivity contribution is 5.91. The number of amides is 1. The molecule has 146 valence electrons. The van der Waals surface area contributed by atoms with Crippen LogP contribution >= 0.6 is 0 Å². The first kappa shape index (κ1) is 18.8. The molecule has 0 aliphatic carbocycles. The predicted octanol–water partition coefficient (Wildman–Crippen LogP) is 5.74. The summed E-state index contributed by atoms with van der Waals surface area (Å²) in [5.74, 6) is 1.23. The van der Waals surface area contributed by atoms with Gasteiger partial charge in [-0.2, -0.15) is 0 Å². The lowest BCUT2D eigenvalue weighted by atomic mass is 9.93. The van der Waals surface area contributed by atoms with Crippen molar-refractivity contribution in [2.45, 2.75) is 18.9 Å². The molecule has 0 fully saturated rings. The van der Waals surface area contributed by atoms with Gasteiger partial charge in [0.25, 0.3) is 5.91 Å². The van der Waals surface area contributed by atoms with Crippen LogP contribution in [0.2, 0.25) is 0 Å². The van der Waals surface area contributed by atoms with Crippen LogP contribution in [0.1, 0.15) is 39.8 Å². The van der Waals surface area contributed by atoms with Crippen molar-refractivity contribution < 1.29 is 13.6 Å². The van der Waals surface area contributed by atoms with Crippen molar-refractivity contribution in [3.05, 3.63) is 120 Å². The van der Waals surface area contributed by atoms with E-state index < -0.39 is 0 Å². The molecular formula is C25H23NO3. The second-order valence-corrected chi connectivity index (χ2v) is 6.96. The summed E-state index contributed by atoms with van der Waals surface area (Å²) in [4.78, 5) is 14.9. The molecule has 2 aromatic heterocycles. The molecule has 0 spiro atoms. The van der Waals surface area contributed by atoms with Crippen LogP contribution in [0.3, 0.4) is 0 Å². The van der Waals surface area contributed by atoms with Gasteiger partial charge in [-0.3, -0.25) is 4.79 Å². The van der Waals surface area contributed by atoms with Crippen molar-refractivity contribution in [2.24, 2.45) is 0 Å². The van der Waals surface area contributed by atoms with Crippen molar-refractivity contribution in [2.75, 3.05) is 6.54 Å². The van der Waals surface area contributed by atoms with Gasteiger partial charge in [0.15, 0.2) is 5.76 Å². The van der Waals surface area contributed by atoms with Gasteiger partial charge in [-0.1, -0.05) is 60.7 Å². The number of furan rings is 2. The number of nitrogens with zero attached hydrogens (tertiary/aromatic N) is 1. The summed E-state index contributed by atoms with van der Waals surface area (Å²) in [5.41, 5.74) is 2.26. The fourth-order valence-corrected chi connectivity index (χ4v) is 3.55. The number of benzene rings is 2. The highest BCUT2D eigenvalue weighted by Gasteiger charge is 2.23. The average Bonchev–Trinajstić information content (AvgIpc) is 3.49. The maximum Gasteiger partial charge on any atom is 0.289 e. The van der Waals surface area contributed by atoms with Gasteiger partial charge in [-0.05, 0) is 41.8 Å². The summed E-state index contributed by atoms with van der Waals surface area (Å²) in [6.45, 7) is 1.11. The summed E-state index contributed by atoms with van der Waals surface area (Å²) in [6.07, 6.45) is 3.97. The molecule has 2 aromatic carbocycles. The van der Waals surface area contributed by atoms with Gasteiger partial charge < -0.3 is 13.7 Å². The SMILES string of the molecule is O=C(c1ccco1)N(CC[C@@H](c1ccccc1)c1ccco1)Cc1ccccc1. The molecule has 0 aliphatic rings. The van der Waals surface area contributed by atoms with E-state index in [0.29, 0.717) is 18.8 Å². The Morgan fingerprint density at radius 2 is 1.48 bits per heavy atom. The zero-order chi connectivity index (χ0) is 19.9. The minimum Gasteiger partial charge on any atom is -0.469 e. The molecule has 0 aliphatic heterocycles. The van der Waals surface area contributed by atoms with E-state index in [1.54, 1.807) is 18.4 Å². The standard InChI is InChI=1S/C25H23NO3/c27-25(24-14-8-18-29-24)26(19-20-9-3-1-4-10-20)16-15-22(23-13-7-17-28-23)21-11-5-2-6-12-21/h1-14,17-18,22H,15-16,19H2/t22-/m0/s1. The largest absolute Gasteiger partial charge is 0.469 e. The van der Waals surface area contributed by atoms with E-state index in [9.17, 15) is 4.79 Å². The van der Waals surface area contributed by atoms with Crippen LogP contribution in [-0.4, -0.2) is 17.4 Å². The van der Waals surface area contributed by atoms with Crippen LogP contribution in [0.4, 0.5) is 0 Å². The van der Waals surface area contributed by atoms with Gasteiger partial charge in [0.05, 0.1) is 12.5 Å². The van der Waals surface area contributed by atoms with E-state index in [1.165, 1.54) is 11.8 Å². The molecule has 29 heavy (non-hydrogen) atoms. The van der Waals surface area contributed by atoms with E-state index in [1.807, 2.05) is 65.6 Å². The second-order valence-electron chi connectivity index (χ2n) is 6.96. The second kappa shape index (κ2) is 9.11. The molecule has 4 nitrogen and oxygen atoms in total. The van der Waals surface area contributed by atoms with E-state index in [0.717, 1.165) is 17.7 Å².